The number of carbonyl (C=O) groups is 1. The van der Waals surface area contributed by atoms with Crippen molar-refractivity contribution in [1.29, 1.82) is 0 Å². The largest absolute Gasteiger partial charge is 0.478 e. The van der Waals surface area contributed by atoms with Gasteiger partial charge in [-0.05, 0) is 67.2 Å². The number of aromatic carboxylic acids is 1. The molecule has 1 aromatic heterocycles. The molecule has 0 spiro atoms. The van der Waals surface area contributed by atoms with Gasteiger partial charge in [0.25, 0.3) is 0 Å². The molecule has 0 saturated heterocycles. The van der Waals surface area contributed by atoms with Gasteiger partial charge >= 0.3 is 5.97 Å². The molecule has 10 nitrogen and oxygen atoms in total. The first-order chi connectivity index (χ1) is 21.6. The molecular weight excluding hydrogens is 591 g/mol. The van der Waals surface area contributed by atoms with E-state index in [1.807, 2.05) is 0 Å². The van der Waals surface area contributed by atoms with Crippen LogP contribution in [0.2, 0.25) is 0 Å². The molecule has 3 aromatic carbocycles. The molecule has 4 rings (SSSR count). The smallest absolute Gasteiger partial charge is 0.335 e. The lowest BCUT2D eigenvalue weighted by Gasteiger charge is -2.26. The summed E-state index contributed by atoms with van der Waals surface area (Å²) in [6, 6.07) is 15.2. The molecule has 234 valence electrons. The number of aliphatic imine (C=N–C) groups is 1. The van der Waals surface area contributed by atoms with Crippen molar-refractivity contribution in [3.05, 3.63) is 106 Å². The first-order valence-corrected chi connectivity index (χ1v) is 13.7. The van der Waals surface area contributed by atoms with Crippen LogP contribution in [0.25, 0.3) is 11.3 Å². The number of methoxy groups -OCH3 is 1. The lowest BCUT2D eigenvalue weighted by molar-refractivity contribution is 0.0697. The van der Waals surface area contributed by atoms with E-state index in [1.165, 1.54) is 56.6 Å². The normalized spacial score (nSPS) is 10.8. The average molecular weight is 622 g/mol. The molecule has 0 aliphatic rings. The minimum atomic E-state index is -1.12. The van der Waals surface area contributed by atoms with Crippen molar-refractivity contribution in [3.8, 4) is 17.1 Å². The van der Waals surface area contributed by atoms with E-state index in [9.17, 15) is 19.2 Å². The summed E-state index contributed by atoms with van der Waals surface area (Å²) in [5.74, 6) is -3.04. The van der Waals surface area contributed by atoms with Crippen LogP contribution >= 0.6 is 0 Å². The molecule has 13 heteroatoms. The predicted molar refractivity (Wildman–Crippen MR) is 165 cm³/mol. The molecule has 0 radical (unpaired) electrons. The molecule has 0 aliphatic carbocycles. The quantitative estimate of drug-likeness (QED) is 0.0898. The summed E-state index contributed by atoms with van der Waals surface area (Å²) < 4.78 is 55.9. The molecule has 0 atom stereocenters. The van der Waals surface area contributed by atoms with Crippen molar-refractivity contribution in [2.75, 3.05) is 43.8 Å². The molecule has 1 heterocycles. The van der Waals surface area contributed by atoms with E-state index < -0.39 is 23.4 Å². The highest BCUT2D eigenvalue weighted by atomic mass is 19.1. The molecule has 0 unspecified atom stereocenters. The minimum absolute atomic E-state index is 0.0446. The summed E-state index contributed by atoms with van der Waals surface area (Å²) in [6.45, 7) is 4.18. The summed E-state index contributed by atoms with van der Waals surface area (Å²) in [5.41, 5.74) is 1.53. The van der Waals surface area contributed by atoms with Crippen LogP contribution in [0.15, 0.2) is 77.0 Å². The van der Waals surface area contributed by atoms with Gasteiger partial charge in [-0.1, -0.05) is 12.1 Å². The number of pyridine rings is 1. The molecule has 0 aliphatic heterocycles. The Hall–Kier alpha value is -5.30. The SMILES string of the molecule is C=Nc1ccc(C(=O)O)cc1N(CCOC)CCc1cc(F)c(-c2cccc(OCc3ccc(N(C)N=O)cc3F)n2)cc1F. The molecule has 45 heavy (non-hydrogen) atoms. The number of rotatable bonds is 15. The van der Waals surface area contributed by atoms with E-state index in [2.05, 4.69) is 22.0 Å². The highest BCUT2D eigenvalue weighted by Gasteiger charge is 2.18. The molecular formula is C32H30F3N5O5. The van der Waals surface area contributed by atoms with E-state index in [-0.39, 0.29) is 59.1 Å². The van der Waals surface area contributed by atoms with Gasteiger partial charge in [-0.25, -0.2) is 28.0 Å². The van der Waals surface area contributed by atoms with Gasteiger partial charge in [0.05, 0.1) is 40.2 Å². The predicted octanol–water partition coefficient (Wildman–Crippen LogP) is 6.59. The van der Waals surface area contributed by atoms with Crippen molar-refractivity contribution < 1.29 is 32.5 Å². The number of ether oxygens (including phenoxy) is 2. The first-order valence-electron chi connectivity index (χ1n) is 13.7. The Kier molecular flexibility index (Phi) is 10.8. The summed E-state index contributed by atoms with van der Waals surface area (Å²) in [4.78, 5) is 32.2. The summed E-state index contributed by atoms with van der Waals surface area (Å²) >= 11 is 0. The van der Waals surface area contributed by atoms with Gasteiger partial charge in [0.15, 0.2) is 0 Å². The number of anilines is 2. The fraction of sp³-hybridized carbons (Fsp3) is 0.219. The number of nitroso groups, excluding NO2 is 1. The second kappa shape index (κ2) is 14.9. The van der Waals surface area contributed by atoms with E-state index >= 15 is 8.78 Å². The third-order valence-corrected chi connectivity index (χ3v) is 6.99. The van der Waals surface area contributed by atoms with E-state index in [4.69, 9.17) is 9.47 Å². The number of hydrogen-bond acceptors (Lipinski definition) is 8. The van der Waals surface area contributed by atoms with Gasteiger partial charge in [0.1, 0.15) is 24.1 Å². The fourth-order valence-electron chi connectivity index (χ4n) is 4.53. The summed E-state index contributed by atoms with van der Waals surface area (Å²) in [6.07, 6.45) is 0.0836. The van der Waals surface area contributed by atoms with E-state index in [0.29, 0.717) is 24.5 Å². The highest BCUT2D eigenvalue weighted by molar-refractivity contribution is 5.90. The van der Waals surface area contributed by atoms with Crippen LogP contribution in [0.1, 0.15) is 21.5 Å². The molecule has 0 bridgehead atoms. The highest BCUT2D eigenvalue weighted by Crippen LogP contribution is 2.31. The molecule has 1 N–H and O–H groups in total. The third-order valence-electron chi connectivity index (χ3n) is 6.99. The Morgan fingerprint density at radius 3 is 2.44 bits per heavy atom. The van der Waals surface area contributed by atoms with Crippen LogP contribution in [0.3, 0.4) is 0 Å². The Bertz CT molecular complexity index is 1700. The third kappa shape index (κ3) is 8.00. The molecule has 4 aromatic rings. The van der Waals surface area contributed by atoms with Crippen LogP contribution < -0.4 is 14.6 Å². The van der Waals surface area contributed by atoms with Crippen molar-refractivity contribution >= 4 is 29.7 Å². The molecule has 0 amide bonds. The molecule has 0 fully saturated rings. The Morgan fingerprint density at radius 2 is 1.76 bits per heavy atom. The topological polar surface area (TPSA) is 117 Å². The zero-order chi connectivity index (χ0) is 32.5. The summed E-state index contributed by atoms with van der Waals surface area (Å²) in [7, 11) is 2.91. The zero-order valence-corrected chi connectivity index (χ0v) is 24.5. The van der Waals surface area contributed by atoms with Crippen LogP contribution in [0.5, 0.6) is 5.88 Å². The zero-order valence-electron chi connectivity index (χ0n) is 24.5. The first kappa shape index (κ1) is 32.6. The molecule has 0 saturated carbocycles. The van der Waals surface area contributed by atoms with Crippen LogP contribution in [-0.2, 0) is 17.8 Å². The van der Waals surface area contributed by atoms with Gasteiger partial charge in [-0.15, -0.1) is 4.91 Å². The van der Waals surface area contributed by atoms with Gasteiger partial charge < -0.3 is 19.5 Å². The van der Waals surface area contributed by atoms with Gasteiger partial charge in [-0.2, -0.15) is 0 Å². The second-order valence-electron chi connectivity index (χ2n) is 9.85. The lowest BCUT2D eigenvalue weighted by atomic mass is 10.0. The average Bonchev–Trinajstić information content (AvgIpc) is 3.04. The number of carboxylic acids is 1. The summed E-state index contributed by atoms with van der Waals surface area (Å²) in [5, 5.41) is 13.1. The maximum Gasteiger partial charge on any atom is 0.335 e. The van der Waals surface area contributed by atoms with Gasteiger partial charge in [-0.3, -0.25) is 4.99 Å². The lowest BCUT2D eigenvalue weighted by Crippen LogP contribution is -2.30. The monoisotopic (exact) mass is 621 g/mol. The number of carboxylic acid groups (broad SMARTS) is 1. The maximum atomic E-state index is 15.3. The minimum Gasteiger partial charge on any atom is -0.478 e. The number of hydrogen-bond donors (Lipinski definition) is 1. The van der Waals surface area contributed by atoms with Crippen LogP contribution in [-0.4, -0.2) is 56.6 Å². The fourth-order valence-corrected chi connectivity index (χ4v) is 4.53. The number of nitrogens with zero attached hydrogens (tertiary/aromatic N) is 5. The van der Waals surface area contributed by atoms with Crippen molar-refractivity contribution in [2.24, 2.45) is 10.3 Å². The van der Waals surface area contributed by atoms with Crippen molar-refractivity contribution in [1.82, 2.24) is 4.98 Å². The van der Waals surface area contributed by atoms with E-state index in [1.54, 1.807) is 11.0 Å². The van der Waals surface area contributed by atoms with E-state index in [0.717, 1.165) is 23.2 Å². The number of halogens is 3. The standard InChI is InChI=1S/C32H30F3N5O5/c1-36-29-10-8-21(32(41)42)16-30(29)40(13-14-44-3)12-11-20-15-27(35)24(18-26(20)34)28-5-4-6-31(37-28)45-19-22-7-9-23(17-25(22)33)39(2)38-43/h4-10,15-18H,1,11-14,19H2,2-3H3,(H,41,42). The van der Waals surface area contributed by atoms with Gasteiger partial charge in [0.2, 0.25) is 5.88 Å². The second-order valence-corrected chi connectivity index (χ2v) is 9.85. The maximum absolute atomic E-state index is 15.3. The van der Waals surface area contributed by atoms with Crippen LogP contribution in [0, 0.1) is 22.4 Å². The number of aromatic nitrogens is 1. The Balaban J connectivity index is 1.51. The Labute approximate surface area is 257 Å². The van der Waals surface area contributed by atoms with Crippen molar-refractivity contribution in [2.45, 2.75) is 13.0 Å². The van der Waals surface area contributed by atoms with Gasteiger partial charge in [0, 0.05) is 44.4 Å². The van der Waals surface area contributed by atoms with Crippen LogP contribution in [0.4, 0.5) is 30.2 Å². The Morgan fingerprint density at radius 1 is 0.978 bits per heavy atom. The number of benzene rings is 3. The van der Waals surface area contributed by atoms with Crippen molar-refractivity contribution in [3.63, 3.8) is 0 Å².